The van der Waals surface area contributed by atoms with Crippen molar-refractivity contribution in [3.05, 3.63) is 29.3 Å². The molecule has 10 heteroatoms. The summed E-state index contributed by atoms with van der Waals surface area (Å²) in [5, 5.41) is 8.22. The van der Waals surface area contributed by atoms with Crippen molar-refractivity contribution in [2.24, 2.45) is 0 Å². The van der Waals surface area contributed by atoms with E-state index in [1.807, 2.05) is 20.8 Å². The molecule has 10 nitrogen and oxygen atoms in total. The molecule has 5 amide bonds. The molecule has 1 saturated heterocycles. The Hall–Kier alpha value is -3.43. The summed E-state index contributed by atoms with van der Waals surface area (Å²) in [4.78, 5) is 61.7. The third-order valence-electron chi connectivity index (χ3n) is 5.79. The topological polar surface area (TPSA) is 134 Å². The van der Waals surface area contributed by atoms with Crippen LogP contribution >= 0.6 is 0 Å². The SMILES string of the molecule is CC(C)(C)OC(=O)NCCCCCCCNc1ccc2c(c1)C(=O)N(C1CCC(=O)NC1=O)C2=O. The van der Waals surface area contributed by atoms with E-state index in [4.69, 9.17) is 4.74 Å². The number of benzene rings is 1. The van der Waals surface area contributed by atoms with E-state index in [0.29, 0.717) is 13.1 Å². The highest BCUT2D eigenvalue weighted by molar-refractivity contribution is 6.23. The van der Waals surface area contributed by atoms with E-state index in [1.165, 1.54) is 0 Å². The van der Waals surface area contributed by atoms with Gasteiger partial charge in [0.15, 0.2) is 0 Å². The van der Waals surface area contributed by atoms with Gasteiger partial charge < -0.3 is 15.4 Å². The van der Waals surface area contributed by atoms with E-state index in [-0.39, 0.29) is 24.0 Å². The van der Waals surface area contributed by atoms with Crippen molar-refractivity contribution in [2.45, 2.75) is 77.4 Å². The van der Waals surface area contributed by atoms with Gasteiger partial charge in [-0.1, -0.05) is 19.3 Å². The summed E-state index contributed by atoms with van der Waals surface area (Å²) in [6, 6.07) is 4.03. The Morgan fingerprint density at radius 1 is 1.00 bits per heavy atom. The summed E-state index contributed by atoms with van der Waals surface area (Å²) in [5.74, 6) is -2.03. The summed E-state index contributed by atoms with van der Waals surface area (Å²) in [6.45, 7) is 6.80. The lowest BCUT2D eigenvalue weighted by Gasteiger charge is -2.27. The van der Waals surface area contributed by atoms with Gasteiger partial charge in [-0.15, -0.1) is 0 Å². The van der Waals surface area contributed by atoms with Crippen molar-refractivity contribution in [1.29, 1.82) is 0 Å². The Labute approximate surface area is 205 Å². The number of nitrogens with one attached hydrogen (secondary N) is 3. The second-order valence-corrected chi connectivity index (χ2v) is 9.83. The van der Waals surface area contributed by atoms with Crippen LogP contribution in [0.5, 0.6) is 0 Å². The molecule has 2 aliphatic rings. The van der Waals surface area contributed by atoms with Crippen LogP contribution in [0.2, 0.25) is 0 Å². The Balaban J connectivity index is 1.37. The van der Waals surface area contributed by atoms with Gasteiger partial charge >= 0.3 is 6.09 Å². The monoisotopic (exact) mass is 486 g/mol. The molecule has 1 aromatic rings. The smallest absolute Gasteiger partial charge is 0.407 e. The molecule has 2 heterocycles. The first-order valence-electron chi connectivity index (χ1n) is 12.1. The van der Waals surface area contributed by atoms with Gasteiger partial charge in [0.2, 0.25) is 11.8 Å². The van der Waals surface area contributed by atoms with Crippen LogP contribution in [-0.2, 0) is 14.3 Å². The van der Waals surface area contributed by atoms with Crippen molar-refractivity contribution in [1.82, 2.24) is 15.5 Å². The fourth-order valence-corrected chi connectivity index (χ4v) is 4.10. The Bertz CT molecular complexity index is 1000. The van der Waals surface area contributed by atoms with Crippen molar-refractivity contribution >= 4 is 35.4 Å². The average Bonchev–Trinajstić information content (AvgIpc) is 3.01. The van der Waals surface area contributed by atoms with E-state index in [9.17, 15) is 24.0 Å². The highest BCUT2D eigenvalue weighted by Gasteiger charge is 2.44. The molecule has 0 spiro atoms. The molecule has 0 radical (unpaired) electrons. The second-order valence-electron chi connectivity index (χ2n) is 9.83. The zero-order valence-electron chi connectivity index (χ0n) is 20.6. The molecule has 190 valence electrons. The first kappa shape index (κ1) is 26.2. The van der Waals surface area contributed by atoms with E-state index >= 15 is 0 Å². The number of anilines is 1. The van der Waals surface area contributed by atoms with Gasteiger partial charge in [0.1, 0.15) is 11.6 Å². The average molecular weight is 487 g/mol. The molecular formula is C25H34N4O6. The van der Waals surface area contributed by atoms with Crippen molar-refractivity contribution in [2.75, 3.05) is 18.4 Å². The van der Waals surface area contributed by atoms with E-state index in [0.717, 1.165) is 42.7 Å². The summed E-state index contributed by atoms with van der Waals surface area (Å²) in [5.41, 5.74) is 0.773. The van der Waals surface area contributed by atoms with Crippen molar-refractivity contribution in [3.8, 4) is 0 Å². The summed E-state index contributed by atoms with van der Waals surface area (Å²) in [7, 11) is 0. The van der Waals surface area contributed by atoms with Crippen LogP contribution in [-0.4, -0.2) is 59.4 Å². The van der Waals surface area contributed by atoms with Crippen LogP contribution in [0, 0.1) is 0 Å². The maximum Gasteiger partial charge on any atom is 0.407 e. The van der Waals surface area contributed by atoms with E-state index in [1.54, 1.807) is 18.2 Å². The van der Waals surface area contributed by atoms with Gasteiger partial charge in [-0.25, -0.2) is 4.79 Å². The first-order valence-corrected chi connectivity index (χ1v) is 12.1. The number of fused-ring (bicyclic) bond motifs is 1. The van der Waals surface area contributed by atoms with Crippen LogP contribution < -0.4 is 16.0 Å². The molecule has 1 atom stereocenters. The van der Waals surface area contributed by atoms with Gasteiger partial charge in [0.05, 0.1) is 11.1 Å². The standard InChI is InChI=1S/C25H34N4O6/c1-25(2,3)35-24(34)27-14-8-6-4-5-7-13-26-16-9-10-17-18(15-16)23(33)29(22(17)32)19-11-12-20(30)28-21(19)31/h9-10,15,19,26H,4-8,11-14H2,1-3H3,(H,27,34)(H,28,30,31). The predicted octanol–water partition coefficient (Wildman–Crippen LogP) is 2.97. The third-order valence-corrected chi connectivity index (χ3v) is 5.79. The number of piperidine rings is 1. The molecule has 3 rings (SSSR count). The maximum absolute atomic E-state index is 12.9. The zero-order chi connectivity index (χ0) is 25.6. The lowest BCUT2D eigenvalue weighted by atomic mass is 10.0. The molecule has 3 N–H and O–H groups in total. The quantitative estimate of drug-likeness (QED) is 0.342. The molecule has 0 bridgehead atoms. The number of carbonyl (C=O) groups excluding carboxylic acids is 5. The van der Waals surface area contributed by atoms with Gasteiger partial charge in [0, 0.05) is 25.2 Å². The largest absolute Gasteiger partial charge is 0.444 e. The molecule has 1 unspecified atom stereocenters. The molecule has 0 aromatic heterocycles. The predicted molar refractivity (Wildman–Crippen MR) is 129 cm³/mol. The molecule has 1 fully saturated rings. The highest BCUT2D eigenvalue weighted by Crippen LogP contribution is 2.29. The zero-order valence-corrected chi connectivity index (χ0v) is 20.6. The van der Waals surface area contributed by atoms with Crippen LogP contribution in [0.3, 0.4) is 0 Å². The van der Waals surface area contributed by atoms with Gasteiger partial charge in [-0.2, -0.15) is 0 Å². The molecule has 35 heavy (non-hydrogen) atoms. The number of rotatable bonds is 10. The number of alkyl carbamates (subject to hydrolysis) is 1. The van der Waals surface area contributed by atoms with Gasteiger partial charge in [-0.05, 0) is 58.2 Å². The van der Waals surface area contributed by atoms with Crippen molar-refractivity contribution in [3.63, 3.8) is 0 Å². The lowest BCUT2D eigenvalue weighted by molar-refractivity contribution is -0.136. The number of amides is 5. The van der Waals surface area contributed by atoms with Crippen molar-refractivity contribution < 1.29 is 28.7 Å². The number of hydrogen-bond acceptors (Lipinski definition) is 7. The van der Waals surface area contributed by atoms with Crippen LogP contribution in [0.15, 0.2) is 18.2 Å². The fourth-order valence-electron chi connectivity index (χ4n) is 4.10. The summed E-state index contributed by atoms with van der Waals surface area (Å²) >= 11 is 0. The minimum absolute atomic E-state index is 0.0941. The maximum atomic E-state index is 12.9. The Kier molecular flexibility index (Phi) is 8.48. The minimum atomic E-state index is -0.962. The lowest BCUT2D eigenvalue weighted by Crippen LogP contribution is -2.54. The van der Waals surface area contributed by atoms with E-state index < -0.39 is 41.4 Å². The number of hydrogen-bond donors (Lipinski definition) is 3. The number of ether oxygens (including phenoxy) is 1. The first-order chi connectivity index (χ1) is 16.6. The molecule has 0 saturated carbocycles. The Morgan fingerprint density at radius 2 is 1.66 bits per heavy atom. The number of nitrogens with zero attached hydrogens (tertiary/aromatic N) is 1. The fraction of sp³-hybridized carbons (Fsp3) is 0.560. The molecule has 0 aliphatic carbocycles. The summed E-state index contributed by atoms with van der Waals surface area (Å²) < 4.78 is 5.19. The van der Waals surface area contributed by atoms with Gasteiger partial charge in [-0.3, -0.25) is 29.4 Å². The van der Waals surface area contributed by atoms with Crippen LogP contribution in [0.4, 0.5) is 10.5 Å². The normalized spacial score (nSPS) is 17.8. The number of carbonyl (C=O) groups is 5. The Morgan fingerprint density at radius 3 is 2.34 bits per heavy atom. The third kappa shape index (κ3) is 7.03. The van der Waals surface area contributed by atoms with Gasteiger partial charge in [0.25, 0.3) is 11.8 Å². The molecule has 1 aromatic carbocycles. The summed E-state index contributed by atoms with van der Waals surface area (Å²) in [6.07, 6.45) is 4.72. The van der Waals surface area contributed by atoms with Crippen LogP contribution in [0.1, 0.15) is 86.4 Å². The molecule has 2 aliphatic heterocycles. The highest BCUT2D eigenvalue weighted by atomic mass is 16.6. The second kappa shape index (κ2) is 11.3. The van der Waals surface area contributed by atoms with E-state index in [2.05, 4.69) is 16.0 Å². The molecular weight excluding hydrogens is 452 g/mol. The minimum Gasteiger partial charge on any atom is -0.444 e. The van der Waals surface area contributed by atoms with Crippen LogP contribution in [0.25, 0.3) is 0 Å². The number of unbranched alkanes of at least 4 members (excludes halogenated alkanes) is 4. The number of imide groups is 2.